The summed E-state index contributed by atoms with van der Waals surface area (Å²) >= 11 is 8.79. The molecule has 0 bridgehead atoms. The molecule has 3 aliphatic rings. The van der Waals surface area contributed by atoms with E-state index in [1.165, 1.54) is 10.5 Å². The number of thiazole rings is 1. The summed E-state index contributed by atoms with van der Waals surface area (Å²) in [5.41, 5.74) is 3.82. The number of fused-ring (bicyclic) bond motifs is 3. The number of hydrogen-bond donors (Lipinski definition) is 2. The van der Waals surface area contributed by atoms with Crippen molar-refractivity contribution in [3.63, 3.8) is 0 Å². The lowest BCUT2D eigenvalue weighted by Crippen LogP contribution is -2.36. The molecule has 1 aromatic heterocycles. The number of thiocarbonyl (C=S) groups is 1. The van der Waals surface area contributed by atoms with Crippen molar-refractivity contribution in [1.82, 2.24) is 9.47 Å². The average Bonchev–Trinajstić information content (AvgIpc) is 3.69. The normalized spacial score (nSPS) is 21.3. The smallest absolute Gasteiger partial charge is 0.323 e. The fourth-order valence-corrected chi connectivity index (χ4v) is 8.88. The minimum absolute atomic E-state index is 0.0445. The lowest BCUT2D eigenvalue weighted by Gasteiger charge is -2.27. The predicted molar refractivity (Wildman–Crippen MR) is 169 cm³/mol. The number of carbonyl (C=O) groups is 3. The van der Waals surface area contributed by atoms with E-state index >= 15 is 0 Å². The molecular weight excluding hydrogens is 615 g/mol. The van der Waals surface area contributed by atoms with E-state index in [1.54, 1.807) is 17.8 Å². The van der Waals surface area contributed by atoms with Crippen molar-refractivity contribution < 1.29 is 24.6 Å². The van der Waals surface area contributed by atoms with Crippen molar-refractivity contribution in [3.8, 4) is 0 Å². The van der Waals surface area contributed by atoms with Gasteiger partial charge in [-0.2, -0.15) is 0 Å². The highest BCUT2D eigenvalue weighted by molar-refractivity contribution is 8.30. The predicted octanol–water partition coefficient (Wildman–Crippen LogP) is 3.39. The lowest BCUT2D eigenvalue weighted by molar-refractivity contribution is -0.140. The van der Waals surface area contributed by atoms with Gasteiger partial charge in [0.05, 0.1) is 4.53 Å². The summed E-state index contributed by atoms with van der Waals surface area (Å²) in [5, 5.41) is 18.7. The number of benzene rings is 2. The number of aliphatic carboxylic acids is 2. The Kier molecular flexibility index (Phi) is 7.77. The van der Waals surface area contributed by atoms with Gasteiger partial charge in [0.25, 0.3) is 11.5 Å². The highest BCUT2D eigenvalue weighted by Crippen LogP contribution is 2.52. The molecule has 9 nitrogen and oxygen atoms in total. The molecule has 1 saturated heterocycles. The van der Waals surface area contributed by atoms with Gasteiger partial charge in [-0.05, 0) is 72.7 Å². The zero-order valence-corrected chi connectivity index (χ0v) is 25.6. The second-order valence-corrected chi connectivity index (χ2v) is 13.7. The van der Waals surface area contributed by atoms with E-state index in [0.29, 0.717) is 12.0 Å². The summed E-state index contributed by atoms with van der Waals surface area (Å²) in [5.74, 6) is -2.75. The number of anilines is 2. The van der Waals surface area contributed by atoms with Gasteiger partial charge in [-0.25, -0.2) is 0 Å². The zero-order chi connectivity index (χ0) is 29.7. The maximum absolute atomic E-state index is 13.4. The van der Waals surface area contributed by atoms with Gasteiger partial charge in [0.2, 0.25) is 0 Å². The first kappa shape index (κ1) is 28.7. The topological polar surface area (TPSA) is 120 Å². The highest BCUT2D eigenvalue weighted by Gasteiger charge is 2.42. The fourth-order valence-electron chi connectivity index (χ4n) is 5.96. The summed E-state index contributed by atoms with van der Waals surface area (Å²) in [7, 11) is 0. The molecule has 2 fully saturated rings. The molecule has 216 valence electrons. The molecule has 0 radical (unpaired) electrons. The molecule has 2 aromatic carbocycles. The summed E-state index contributed by atoms with van der Waals surface area (Å²) in [6, 6.07) is 15.1. The van der Waals surface area contributed by atoms with Crippen LogP contribution in [0.1, 0.15) is 36.3 Å². The van der Waals surface area contributed by atoms with E-state index in [1.807, 2.05) is 6.07 Å². The molecule has 3 heterocycles. The minimum Gasteiger partial charge on any atom is -0.480 e. The van der Waals surface area contributed by atoms with E-state index in [2.05, 4.69) is 47.6 Å². The Labute approximate surface area is 258 Å². The number of hydrogen-bond acceptors (Lipinski definition) is 9. The number of carboxylic acid groups (broad SMARTS) is 2. The Morgan fingerprint density at radius 3 is 2.50 bits per heavy atom. The Hall–Kier alpha value is -3.39. The van der Waals surface area contributed by atoms with Crippen molar-refractivity contribution in [1.29, 1.82) is 0 Å². The van der Waals surface area contributed by atoms with Crippen LogP contribution in [0.2, 0.25) is 0 Å². The second kappa shape index (κ2) is 11.4. The minimum atomic E-state index is -1.24. The van der Waals surface area contributed by atoms with Crippen LogP contribution in [0.3, 0.4) is 0 Å². The Morgan fingerprint density at radius 1 is 1.07 bits per heavy atom. The van der Waals surface area contributed by atoms with Crippen LogP contribution >= 0.6 is 47.1 Å². The Balaban J connectivity index is 1.44. The van der Waals surface area contributed by atoms with E-state index in [0.717, 1.165) is 68.8 Å². The van der Waals surface area contributed by atoms with E-state index in [4.69, 9.17) is 17.3 Å². The van der Waals surface area contributed by atoms with Crippen molar-refractivity contribution in [3.05, 3.63) is 73.1 Å². The monoisotopic (exact) mass is 639 g/mol. The van der Waals surface area contributed by atoms with Gasteiger partial charge < -0.3 is 15.1 Å². The highest BCUT2D eigenvalue weighted by atomic mass is 32.2. The molecule has 2 atom stereocenters. The first-order chi connectivity index (χ1) is 20.2. The van der Waals surface area contributed by atoms with Crippen LogP contribution < -0.4 is 19.7 Å². The molecule has 2 aliphatic heterocycles. The zero-order valence-electron chi connectivity index (χ0n) is 22.3. The third-order valence-electron chi connectivity index (χ3n) is 7.71. The van der Waals surface area contributed by atoms with Crippen molar-refractivity contribution >= 4 is 91.6 Å². The van der Waals surface area contributed by atoms with Crippen LogP contribution in [-0.2, 0) is 20.9 Å². The summed E-state index contributed by atoms with van der Waals surface area (Å²) in [4.78, 5) is 54.0. The molecule has 1 amide bonds. The van der Waals surface area contributed by atoms with E-state index in [-0.39, 0.29) is 18.4 Å². The van der Waals surface area contributed by atoms with Gasteiger partial charge in [0.15, 0.2) is 0 Å². The Bertz CT molecular complexity index is 1830. The van der Waals surface area contributed by atoms with Gasteiger partial charge >= 0.3 is 11.9 Å². The number of aromatic nitrogens is 1. The third-order valence-corrected chi connectivity index (χ3v) is 11.1. The number of carbonyl (C=O) groups excluding carboxylic acids is 1. The van der Waals surface area contributed by atoms with Crippen molar-refractivity contribution in [2.24, 2.45) is 0 Å². The molecule has 13 heteroatoms. The molecule has 2 unspecified atom stereocenters. The maximum Gasteiger partial charge on any atom is 0.323 e. The van der Waals surface area contributed by atoms with Gasteiger partial charge in [-0.15, -0.1) is 23.1 Å². The largest absolute Gasteiger partial charge is 0.480 e. The molecular formula is C29H25N3O6S4. The molecule has 42 heavy (non-hydrogen) atoms. The van der Waals surface area contributed by atoms with Gasteiger partial charge in [0.1, 0.15) is 27.0 Å². The number of carboxylic acids is 2. The number of amides is 1. The van der Waals surface area contributed by atoms with E-state index in [9.17, 15) is 24.3 Å². The molecule has 2 N–H and O–H groups in total. The standard InChI is InChI=1S/C29H25N3O6S4/c1-40-17-8-6-16(7-9-17)32-20-4-2-3-18(20)19-11-15(5-10-21(19)32)12-22-26(37)30(13-23(33)34)28(41-22)25-27(38)31(14-24(35)36)29(39)42-25/h5-12,18,20H,2-4,13-14H2,1H3,(H,33,34)(H,35,36)/b22-12-,28-25+. The number of nitrogens with zero attached hydrogens (tertiary/aromatic N) is 3. The van der Waals surface area contributed by atoms with Crippen LogP contribution in [0.15, 0.2) is 52.2 Å². The van der Waals surface area contributed by atoms with Gasteiger partial charge in [0, 0.05) is 28.2 Å². The average molecular weight is 640 g/mol. The Morgan fingerprint density at radius 2 is 1.81 bits per heavy atom. The molecule has 6 rings (SSSR count). The third kappa shape index (κ3) is 5.08. The fraction of sp³-hybridized carbons (Fsp3) is 0.276. The van der Waals surface area contributed by atoms with Gasteiger partial charge in [-0.1, -0.05) is 36.5 Å². The summed E-state index contributed by atoms with van der Waals surface area (Å²) in [6.45, 7) is -1.25. The van der Waals surface area contributed by atoms with Crippen LogP contribution in [-0.4, -0.2) is 60.7 Å². The number of thioether (sulfide) groups is 2. The van der Waals surface area contributed by atoms with Crippen LogP contribution in [0.5, 0.6) is 0 Å². The molecule has 3 aromatic rings. The first-order valence-electron chi connectivity index (χ1n) is 13.2. The molecule has 0 spiro atoms. The lowest BCUT2D eigenvalue weighted by atomic mass is 9.96. The van der Waals surface area contributed by atoms with Crippen molar-refractivity contribution in [2.75, 3.05) is 17.7 Å². The second-order valence-electron chi connectivity index (χ2n) is 10.2. The quantitative estimate of drug-likeness (QED) is 0.294. The summed E-state index contributed by atoms with van der Waals surface area (Å²) in [6.07, 6.45) is 7.11. The first-order valence-corrected chi connectivity index (χ1v) is 16.4. The maximum atomic E-state index is 13.4. The van der Waals surface area contributed by atoms with Crippen LogP contribution in [0, 0.1) is 0 Å². The molecule has 1 aliphatic carbocycles. The molecule has 1 saturated carbocycles. The van der Waals surface area contributed by atoms with E-state index < -0.39 is 36.5 Å². The number of rotatable bonds is 7. The van der Waals surface area contributed by atoms with Crippen molar-refractivity contribution in [2.45, 2.75) is 42.7 Å². The van der Waals surface area contributed by atoms with Crippen LogP contribution in [0.4, 0.5) is 11.4 Å². The summed E-state index contributed by atoms with van der Waals surface area (Å²) < 4.78 is 1.52. The van der Waals surface area contributed by atoms with Crippen LogP contribution in [0.25, 0.3) is 11.0 Å². The van der Waals surface area contributed by atoms with Gasteiger partial charge in [-0.3, -0.25) is 28.6 Å². The SMILES string of the molecule is CSc1ccc(N2c3ccc(/C=c4\s/c(=C5/SC(=S)N(CC(=O)O)C5=O)n(CC(=O)O)c4=O)cc3C3CCCC32)cc1.